The Morgan fingerprint density at radius 3 is 2.56 bits per heavy atom. The molecule has 1 aromatic carbocycles. The molecule has 0 amide bonds. The first kappa shape index (κ1) is 11.2. The van der Waals surface area contributed by atoms with Gasteiger partial charge in [-0.25, -0.2) is 0 Å². The van der Waals surface area contributed by atoms with E-state index in [4.69, 9.17) is 10.2 Å². The van der Waals surface area contributed by atoms with Crippen molar-refractivity contribution in [1.82, 2.24) is 10.2 Å². The molecule has 0 bridgehead atoms. The normalized spacial score (nSPS) is 10.6. The van der Waals surface area contributed by atoms with Crippen LogP contribution in [-0.2, 0) is 6.54 Å². The largest absolute Gasteiger partial charge is 0.419 e. The van der Waals surface area contributed by atoms with Crippen LogP contribution in [0.1, 0.15) is 12.8 Å². The molecular formula is C11H13N3OS. The van der Waals surface area contributed by atoms with E-state index in [2.05, 4.69) is 29.3 Å². The average Bonchev–Trinajstić information content (AvgIpc) is 2.79. The van der Waals surface area contributed by atoms with E-state index in [9.17, 15) is 0 Å². The zero-order valence-electron chi connectivity index (χ0n) is 9.01. The molecule has 0 aliphatic rings. The number of hydrogen-bond donors (Lipinski definition) is 1. The lowest BCUT2D eigenvalue weighted by molar-refractivity contribution is 0.508. The number of rotatable bonds is 4. The van der Waals surface area contributed by atoms with Gasteiger partial charge in [0.25, 0.3) is 0 Å². The number of nitrogens with two attached hydrogens (primary N) is 1. The molecule has 2 N–H and O–H groups in total. The van der Waals surface area contributed by atoms with Crippen LogP contribution >= 0.6 is 11.8 Å². The van der Waals surface area contributed by atoms with E-state index in [0.29, 0.717) is 11.8 Å². The lowest BCUT2D eigenvalue weighted by Crippen LogP contribution is -1.95. The molecule has 0 fully saturated rings. The predicted molar refractivity (Wildman–Crippen MR) is 64.0 cm³/mol. The van der Waals surface area contributed by atoms with Crippen molar-refractivity contribution in [2.45, 2.75) is 18.4 Å². The molecule has 1 aromatic heterocycles. The van der Waals surface area contributed by atoms with Gasteiger partial charge in [0.15, 0.2) is 0 Å². The van der Waals surface area contributed by atoms with Gasteiger partial charge < -0.3 is 10.2 Å². The Kier molecular flexibility index (Phi) is 3.58. The SMILES string of the molecule is CCSc1ccc(-c2nnc(CN)o2)cc1. The molecule has 5 heteroatoms. The minimum atomic E-state index is 0.275. The Morgan fingerprint density at radius 2 is 2.00 bits per heavy atom. The van der Waals surface area contributed by atoms with Gasteiger partial charge in [0.2, 0.25) is 11.8 Å². The van der Waals surface area contributed by atoms with Crippen LogP contribution in [0.4, 0.5) is 0 Å². The van der Waals surface area contributed by atoms with Crippen LogP contribution in [-0.4, -0.2) is 16.0 Å². The van der Waals surface area contributed by atoms with Crippen LogP contribution in [0.15, 0.2) is 33.6 Å². The van der Waals surface area contributed by atoms with Gasteiger partial charge in [0.05, 0.1) is 6.54 Å². The fourth-order valence-corrected chi connectivity index (χ4v) is 1.98. The maximum Gasteiger partial charge on any atom is 0.247 e. The Balaban J connectivity index is 2.20. The van der Waals surface area contributed by atoms with Crippen molar-refractivity contribution in [2.24, 2.45) is 5.73 Å². The molecule has 2 rings (SSSR count). The predicted octanol–water partition coefficient (Wildman–Crippen LogP) is 2.31. The second kappa shape index (κ2) is 5.14. The average molecular weight is 235 g/mol. The van der Waals surface area contributed by atoms with Crippen molar-refractivity contribution < 1.29 is 4.42 Å². The van der Waals surface area contributed by atoms with Gasteiger partial charge in [-0.05, 0) is 30.0 Å². The molecule has 0 unspecified atom stereocenters. The van der Waals surface area contributed by atoms with Crippen molar-refractivity contribution >= 4 is 11.8 Å². The number of hydrogen-bond acceptors (Lipinski definition) is 5. The molecular weight excluding hydrogens is 222 g/mol. The van der Waals surface area contributed by atoms with E-state index in [1.807, 2.05) is 12.1 Å². The van der Waals surface area contributed by atoms with E-state index in [-0.39, 0.29) is 6.54 Å². The summed E-state index contributed by atoms with van der Waals surface area (Å²) >= 11 is 1.80. The third-order valence-corrected chi connectivity index (χ3v) is 2.95. The van der Waals surface area contributed by atoms with Gasteiger partial charge in [-0.15, -0.1) is 22.0 Å². The Morgan fingerprint density at radius 1 is 1.25 bits per heavy atom. The van der Waals surface area contributed by atoms with Gasteiger partial charge in [-0.1, -0.05) is 6.92 Å². The number of thioether (sulfide) groups is 1. The van der Waals surface area contributed by atoms with Gasteiger partial charge >= 0.3 is 0 Å². The molecule has 0 aliphatic carbocycles. The first-order valence-corrected chi connectivity index (χ1v) is 6.07. The zero-order valence-corrected chi connectivity index (χ0v) is 9.83. The highest BCUT2D eigenvalue weighted by atomic mass is 32.2. The molecule has 2 aromatic rings. The lowest BCUT2D eigenvalue weighted by Gasteiger charge is -1.98. The van der Waals surface area contributed by atoms with Gasteiger partial charge in [-0.3, -0.25) is 0 Å². The van der Waals surface area contributed by atoms with Crippen molar-refractivity contribution in [2.75, 3.05) is 5.75 Å². The summed E-state index contributed by atoms with van der Waals surface area (Å²) in [7, 11) is 0. The number of nitrogens with zero attached hydrogens (tertiary/aromatic N) is 2. The second-order valence-electron chi connectivity index (χ2n) is 3.16. The maximum atomic E-state index is 5.41. The van der Waals surface area contributed by atoms with E-state index in [0.717, 1.165) is 11.3 Å². The smallest absolute Gasteiger partial charge is 0.247 e. The highest BCUT2D eigenvalue weighted by Gasteiger charge is 2.06. The summed E-state index contributed by atoms with van der Waals surface area (Å²) < 4.78 is 5.36. The summed E-state index contributed by atoms with van der Waals surface area (Å²) in [5.41, 5.74) is 6.33. The fourth-order valence-electron chi connectivity index (χ4n) is 1.31. The zero-order chi connectivity index (χ0) is 11.4. The molecule has 0 spiro atoms. The summed E-state index contributed by atoms with van der Waals surface area (Å²) in [5.74, 6) is 2.05. The number of benzene rings is 1. The van der Waals surface area contributed by atoms with Crippen LogP contribution in [0.5, 0.6) is 0 Å². The fraction of sp³-hybridized carbons (Fsp3) is 0.273. The Labute approximate surface area is 98.2 Å². The first-order valence-electron chi connectivity index (χ1n) is 5.09. The molecule has 0 saturated heterocycles. The van der Waals surface area contributed by atoms with Gasteiger partial charge in [0.1, 0.15) is 0 Å². The molecule has 4 nitrogen and oxygen atoms in total. The third kappa shape index (κ3) is 2.43. The van der Waals surface area contributed by atoms with Crippen LogP contribution < -0.4 is 5.73 Å². The van der Waals surface area contributed by atoms with Gasteiger partial charge in [0, 0.05) is 10.5 Å². The Bertz CT molecular complexity index is 453. The minimum Gasteiger partial charge on any atom is -0.419 e. The summed E-state index contributed by atoms with van der Waals surface area (Å²) in [6.07, 6.45) is 0. The lowest BCUT2D eigenvalue weighted by atomic mass is 10.2. The molecule has 0 atom stereocenters. The third-order valence-electron chi connectivity index (χ3n) is 2.05. The quantitative estimate of drug-likeness (QED) is 0.824. The van der Waals surface area contributed by atoms with E-state index in [1.165, 1.54) is 4.90 Å². The van der Waals surface area contributed by atoms with Gasteiger partial charge in [-0.2, -0.15) is 0 Å². The van der Waals surface area contributed by atoms with E-state index in [1.54, 1.807) is 11.8 Å². The van der Waals surface area contributed by atoms with E-state index >= 15 is 0 Å². The minimum absolute atomic E-state index is 0.275. The number of aromatic nitrogens is 2. The van der Waals surface area contributed by atoms with Crippen molar-refractivity contribution in [3.05, 3.63) is 30.2 Å². The summed E-state index contributed by atoms with van der Waals surface area (Å²) in [5, 5.41) is 7.75. The van der Waals surface area contributed by atoms with Crippen LogP contribution in [0.2, 0.25) is 0 Å². The molecule has 16 heavy (non-hydrogen) atoms. The summed E-state index contributed by atoms with van der Waals surface area (Å²) in [6.45, 7) is 2.40. The maximum absolute atomic E-state index is 5.41. The molecule has 0 saturated carbocycles. The summed E-state index contributed by atoms with van der Waals surface area (Å²) in [4.78, 5) is 1.24. The van der Waals surface area contributed by atoms with Crippen LogP contribution in [0.3, 0.4) is 0 Å². The highest BCUT2D eigenvalue weighted by Crippen LogP contribution is 2.23. The van der Waals surface area contributed by atoms with Crippen LogP contribution in [0.25, 0.3) is 11.5 Å². The monoisotopic (exact) mass is 235 g/mol. The van der Waals surface area contributed by atoms with Crippen molar-refractivity contribution in [3.63, 3.8) is 0 Å². The molecule has 1 heterocycles. The Hall–Kier alpha value is -1.33. The molecule has 0 aliphatic heterocycles. The molecule has 0 radical (unpaired) electrons. The molecule has 84 valence electrons. The van der Waals surface area contributed by atoms with Crippen molar-refractivity contribution in [3.8, 4) is 11.5 Å². The second-order valence-corrected chi connectivity index (χ2v) is 4.50. The highest BCUT2D eigenvalue weighted by molar-refractivity contribution is 7.99. The standard InChI is InChI=1S/C11H13N3OS/c1-2-16-9-5-3-8(4-6-9)11-14-13-10(7-12)15-11/h3-6H,2,7,12H2,1H3. The summed E-state index contributed by atoms with van der Waals surface area (Å²) in [6, 6.07) is 8.06. The topological polar surface area (TPSA) is 64.9 Å². The van der Waals surface area contributed by atoms with E-state index < -0.39 is 0 Å². The first-order chi connectivity index (χ1) is 7.83. The van der Waals surface area contributed by atoms with Crippen LogP contribution in [0, 0.1) is 0 Å². The van der Waals surface area contributed by atoms with Crippen molar-refractivity contribution in [1.29, 1.82) is 0 Å².